The number of likely N-dealkylation sites (tertiary alicyclic amines) is 1. The van der Waals surface area contributed by atoms with Crippen molar-refractivity contribution in [3.05, 3.63) is 0 Å². The van der Waals surface area contributed by atoms with Gasteiger partial charge in [0.1, 0.15) is 0 Å². The van der Waals surface area contributed by atoms with Crippen LogP contribution in [0, 0.1) is 17.3 Å². The highest BCUT2D eigenvalue weighted by atomic mass is 16.3. The van der Waals surface area contributed by atoms with Crippen LogP contribution in [0.4, 0.5) is 0 Å². The van der Waals surface area contributed by atoms with Crippen LogP contribution in [0.15, 0.2) is 0 Å². The number of β-amino-alcohol motifs (C(OH)–C–C–N with tert-alkyl or cyclic N) is 1. The average Bonchev–Trinajstić information content (AvgIpc) is 3.22. The van der Waals surface area contributed by atoms with Gasteiger partial charge >= 0.3 is 0 Å². The van der Waals surface area contributed by atoms with Crippen LogP contribution in [0.5, 0.6) is 0 Å². The summed E-state index contributed by atoms with van der Waals surface area (Å²) in [4.78, 5) is 2.52. The van der Waals surface area contributed by atoms with Crippen LogP contribution in [0.25, 0.3) is 0 Å². The molecule has 0 aromatic heterocycles. The molecular formula is C17H32N2O. The Hall–Kier alpha value is -0.120. The SMILES string of the molecule is CC(C)C1CCC(CN)(C2(O)CCN(C3CC3)C2)CC1. The van der Waals surface area contributed by atoms with E-state index in [-0.39, 0.29) is 5.41 Å². The van der Waals surface area contributed by atoms with Gasteiger partial charge in [0.15, 0.2) is 0 Å². The normalized spacial score (nSPS) is 43.4. The van der Waals surface area contributed by atoms with Gasteiger partial charge in [-0.3, -0.25) is 4.90 Å². The summed E-state index contributed by atoms with van der Waals surface area (Å²) in [5.74, 6) is 1.60. The molecule has 1 heterocycles. The van der Waals surface area contributed by atoms with Crippen LogP contribution < -0.4 is 5.73 Å². The van der Waals surface area contributed by atoms with E-state index in [1.54, 1.807) is 0 Å². The van der Waals surface area contributed by atoms with Crippen LogP contribution in [0.2, 0.25) is 0 Å². The summed E-state index contributed by atoms with van der Waals surface area (Å²) in [6, 6.07) is 0.769. The van der Waals surface area contributed by atoms with E-state index in [1.807, 2.05) is 0 Å². The Labute approximate surface area is 123 Å². The van der Waals surface area contributed by atoms with Crippen molar-refractivity contribution < 1.29 is 5.11 Å². The minimum absolute atomic E-state index is 0.0119. The standard InChI is InChI=1S/C17H32N2O/c1-13(2)14-5-7-16(11-18,8-6-14)17(20)9-10-19(12-17)15-3-4-15/h13-15,20H,3-12,18H2,1-2H3. The predicted octanol–water partition coefficient (Wildman–Crippen LogP) is 2.38. The first-order valence-electron chi connectivity index (χ1n) is 8.66. The molecule has 0 radical (unpaired) electrons. The topological polar surface area (TPSA) is 49.5 Å². The zero-order chi connectivity index (χ0) is 14.4. The van der Waals surface area contributed by atoms with Crippen molar-refractivity contribution in [2.45, 2.75) is 70.4 Å². The molecule has 3 N–H and O–H groups in total. The Balaban J connectivity index is 1.69. The van der Waals surface area contributed by atoms with Gasteiger partial charge in [-0.15, -0.1) is 0 Å². The monoisotopic (exact) mass is 280 g/mol. The van der Waals surface area contributed by atoms with E-state index in [4.69, 9.17) is 5.73 Å². The molecule has 116 valence electrons. The molecule has 3 heteroatoms. The minimum Gasteiger partial charge on any atom is -0.388 e. The largest absolute Gasteiger partial charge is 0.388 e. The highest BCUT2D eigenvalue weighted by molar-refractivity contribution is 5.08. The molecule has 3 fully saturated rings. The number of rotatable bonds is 4. The Kier molecular flexibility index (Phi) is 3.89. The van der Waals surface area contributed by atoms with Crippen LogP contribution in [-0.2, 0) is 0 Å². The lowest BCUT2D eigenvalue weighted by molar-refractivity contribution is -0.0987. The summed E-state index contributed by atoms with van der Waals surface area (Å²) < 4.78 is 0. The van der Waals surface area contributed by atoms with Gasteiger partial charge < -0.3 is 10.8 Å². The maximum absolute atomic E-state index is 11.3. The third kappa shape index (κ3) is 2.42. The first-order chi connectivity index (χ1) is 9.50. The van der Waals surface area contributed by atoms with Gasteiger partial charge in [-0.2, -0.15) is 0 Å². The third-order valence-electron chi connectivity index (χ3n) is 6.65. The fraction of sp³-hybridized carbons (Fsp3) is 1.00. The Morgan fingerprint density at radius 2 is 1.80 bits per heavy atom. The molecule has 3 aliphatic rings. The summed E-state index contributed by atoms with van der Waals surface area (Å²) in [6.07, 6.45) is 8.36. The summed E-state index contributed by atoms with van der Waals surface area (Å²) in [7, 11) is 0. The van der Waals surface area contributed by atoms with Gasteiger partial charge in [0.05, 0.1) is 5.60 Å². The van der Waals surface area contributed by atoms with E-state index in [0.717, 1.165) is 50.2 Å². The van der Waals surface area contributed by atoms with Gasteiger partial charge in [0.2, 0.25) is 0 Å². The lowest BCUT2D eigenvalue weighted by Gasteiger charge is -2.49. The third-order valence-corrected chi connectivity index (χ3v) is 6.65. The number of hydrogen-bond donors (Lipinski definition) is 2. The molecule has 1 unspecified atom stereocenters. The number of nitrogens with zero attached hydrogens (tertiary/aromatic N) is 1. The Morgan fingerprint density at radius 1 is 1.15 bits per heavy atom. The molecule has 1 atom stereocenters. The van der Waals surface area contributed by atoms with E-state index in [0.29, 0.717) is 6.54 Å². The predicted molar refractivity (Wildman–Crippen MR) is 82.4 cm³/mol. The quantitative estimate of drug-likeness (QED) is 0.831. The van der Waals surface area contributed by atoms with Crippen molar-refractivity contribution in [1.82, 2.24) is 4.90 Å². The van der Waals surface area contributed by atoms with Crippen LogP contribution in [0.1, 0.15) is 58.8 Å². The van der Waals surface area contributed by atoms with Gasteiger partial charge in [-0.1, -0.05) is 13.8 Å². The van der Waals surface area contributed by atoms with Gasteiger partial charge in [-0.25, -0.2) is 0 Å². The molecule has 0 aromatic rings. The summed E-state index contributed by atoms with van der Waals surface area (Å²) in [5.41, 5.74) is 5.65. The summed E-state index contributed by atoms with van der Waals surface area (Å²) >= 11 is 0. The number of hydrogen-bond acceptors (Lipinski definition) is 3. The molecule has 0 aromatic carbocycles. The second-order valence-electron chi connectivity index (χ2n) is 8.05. The lowest BCUT2D eigenvalue weighted by Crippen LogP contribution is -2.56. The van der Waals surface area contributed by atoms with Crippen LogP contribution in [-0.4, -0.2) is 41.3 Å². The second-order valence-corrected chi connectivity index (χ2v) is 8.05. The zero-order valence-electron chi connectivity index (χ0n) is 13.3. The maximum Gasteiger partial charge on any atom is 0.0854 e. The molecule has 0 spiro atoms. The molecule has 20 heavy (non-hydrogen) atoms. The second kappa shape index (κ2) is 5.26. The molecule has 1 saturated heterocycles. The summed E-state index contributed by atoms with van der Waals surface area (Å²) in [6.45, 7) is 7.28. The van der Waals surface area contributed by atoms with Crippen molar-refractivity contribution in [2.75, 3.05) is 19.6 Å². The first-order valence-corrected chi connectivity index (χ1v) is 8.66. The van der Waals surface area contributed by atoms with Crippen molar-refractivity contribution in [1.29, 1.82) is 0 Å². The maximum atomic E-state index is 11.3. The van der Waals surface area contributed by atoms with E-state index in [1.165, 1.54) is 25.7 Å². The van der Waals surface area contributed by atoms with E-state index >= 15 is 0 Å². The molecule has 3 nitrogen and oxygen atoms in total. The minimum atomic E-state index is -0.522. The van der Waals surface area contributed by atoms with E-state index in [9.17, 15) is 5.11 Å². The van der Waals surface area contributed by atoms with Crippen molar-refractivity contribution in [2.24, 2.45) is 23.0 Å². The molecular weight excluding hydrogens is 248 g/mol. The van der Waals surface area contributed by atoms with Crippen molar-refractivity contribution >= 4 is 0 Å². The molecule has 0 amide bonds. The Bertz CT molecular complexity index is 345. The van der Waals surface area contributed by atoms with Gasteiger partial charge in [0, 0.05) is 31.1 Å². The molecule has 1 aliphatic heterocycles. The molecule has 3 rings (SSSR count). The highest BCUT2D eigenvalue weighted by Gasteiger charge is 2.55. The van der Waals surface area contributed by atoms with Gasteiger partial charge in [0.25, 0.3) is 0 Å². The smallest absolute Gasteiger partial charge is 0.0854 e. The Morgan fingerprint density at radius 3 is 2.30 bits per heavy atom. The summed E-state index contributed by atoms with van der Waals surface area (Å²) in [5, 5.41) is 11.3. The lowest BCUT2D eigenvalue weighted by atomic mass is 9.59. The van der Waals surface area contributed by atoms with Crippen LogP contribution >= 0.6 is 0 Å². The zero-order valence-corrected chi connectivity index (χ0v) is 13.3. The molecule has 0 bridgehead atoms. The molecule has 2 aliphatic carbocycles. The first kappa shape index (κ1) is 14.8. The average molecular weight is 280 g/mol. The fourth-order valence-electron chi connectivity index (χ4n) is 4.73. The number of nitrogens with two attached hydrogens (primary N) is 1. The van der Waals surface area contributed by atoms with Crippen molar-refractivity contribution in [3.8, 4) is 0 Å². The van der Waals surface area contributed by atoms with E-state index in [2.05, 4.69) is 18.7 Å². The highest BCUT2D eigenvalue weighted by Crippen LogP contribution is 2.51. The molecule has 2 saturated carbocycles. The van der Waals surface area contributed by atoms with Crippen LogP contribution in [0.3, 0.4) is 0 Å². The van der Waals surface area contributed by atoms with Gasteiger partial charge in [-0.05, 0) is 56.8 Å². The van der Waals surface area contributed by atoms with E-state index < -0.39 is 5.60 Å². The number of aliphatic hydroxyl groups is 1. The van der Waals surface area contributed by atoms with Crippen molar-refractivity contribution in [3.63, 3.8) is 0 Å². The fourth-order valence-corrected chi connectivity index (χ4v) is 4.73.